The molecule has 1 heterocycles. The third kappa shape index (κ3) is 3.86. The molecule has 1 saturated carbocycles. The Morgan fingerprint density at radius 1 is 1.13 bits per heavy atom. The van der Waals surface area contributed by atoms with Gasteiger partial charge in [0.15, 0.2) is 0 Å². The van der Waals surface area contributed by atoms with E-state index in [0.29, 0.717) is 17.7 Å². The van der Waals surface area contributed by atoms with E-state index in [9.17, 15) is 4.79 Å². The van der Waals surface area contributed by atoms with Crippen molar-refractivity contribution in [2.24, 2.45) is 0 Å². The lowest BCUT2D eigenvalue weighted by Gasteiger charge is -2.23. The molecule has 3 rings (SSSR count). The molecule has 0 aliphatic heterocycles. The van der Waals surface area contributed by atoms with Crippen LogP contribution in [0.1, 0.15) is 42.6 Å². The van der Waals surface area contributed by atoms with E-state index in [1.165, 1.54) is 19.3 Å². The highest BCUT2D eigenvalue weighted by atomic mass is 16.2. The Morgan fingerprint density at radius 2 is 1.87 bits per heavy atom. The van der Waals surface area contributed by atoms with Crippen molar-refractivity contribution in [1.82, 2.24) is 9.97 Å². The van der Waals surface area contributed by atoms with Crippen molar-refractivity contribution in [3.63, 3.8) is 0 Å². The van der Waals surface area contributed by atoms with E-state index < -0.39 is 0 Å². The van der Waals surface area contributed by atoms with Crippen LogP contribution in [0.25, 0.3) is 0 Å². The zero-order valence-corrected chi connectivity index (χ0v) is 13.4. The first-order valence-corrected chi connectivity index (χ1v) is 8.17. The summed E-state index contributed by atoms with van der Waals surface area (Å²) in [5.41, 5.74) is 1.25. The largest absolute Gasteiger partial charge is 0.351 e. The monoisotopic (exact) mass is 310 g/mol. The minimum Gasteiger partial charge on any atom is -0.351 e. The van der Waals surface area contributed by atoms with Crippen LogP contribution in [-0.2, 0) is 0 Å². The first-order chi connectivity index (χ1) is 11.2. The normalized spacial score (nSPS) is 15.2. The summed E-state index contributed by atoms with van der Waals surface area (Å²) in [7, 11) is 1.76. The predicted octanol–water partition coefficient (Wildman–Crippen LogP) is 3.50. The van der Waals surface area contributed by atoms with Gasteiger partial charge in [0.25, 0.3) is 5.91 Å². The van der Waals surface area contributed by atoms with Gasteiger partial charge in [0.1, 0.15) is 5.69 Å². The number of hydrogen-bond acceptors (Lipinski definition) is 4. The molecule has 1 aromatic heterocycles. The first kappa shape index (κ1) is 15.5. The van der Waals surface area contributed by atoms with Gasteiger partial charge in [-0.15, -0.1) is 0 Å². The number of hydrogen-bond donors (Lipinski definition) is 1. The Balaban J connectivity index is 1.72. The number of anilines is 2. The fourth-order valence-corrected chi connectivity index (χ4v) is 2.92. The molecule has 1 fully saturated rings. The van der Waals surface area contributed by atoms with Gasteiger partial charge in [-0.3, -0.25) is 4.79 Å². The van der Waals surface area contributed by atoms with Crippen LogP contribution in [0.3, 0.4) is 0 Å². The van der Waals surface area contributed by atoms with Gasteiger partial charge in [0.2, 0.25) is 5.95 Å². The molecule has 1 N–H and O–H groups in total. The molecular formula is C18H22N4O. The Labute approximate surface area is 136 Å². The summed E-state index contributed by atoms with van der Waals surface area (Å²) in [4.78, 5) is 22.9. The molecule has 5 heteroatoms. The molecular weight excluding hydrogens is 288 g/mol. The van der Waals surface area contributed by atoms with Crippen molar-refractivity contribution in [1.29, 1.82) is 0 Å². The van der Waals surface area contributed by atoms with E-state index >= 15 is 0 Å². The second kappa shape index (κ2) is 7.22. The molecule has 1 aliphatic carbocycles. The van der Waals surface area contributed by atoms with Crippen LogP contribution in [0.4, 0.5) is 11.6 Å². The minimum absolute atomic E-state index is 0.134. The Kier molecular flexibility index (Phi) is 4.86. The Bertz CT molecular complexity index is 653. The summed E-state index contributed by atoms with van der Waals surface area (Å²) >= 11 is 0. The maximum atomic E-state index is 12.6. The van der Waals surface area contributed by atoms with Gasteiger partial charge >= 0.3 is 0 Å². The predicted molar refractivity (Wildman–Crippen MR) is 91.7 cm³/mol. The standard InChI is InChI=1S/C18H22N4O/c1-22(15-10-6-3-7-11-15)17(23)16-12-13-19-18(21-16)20-14-8-4-2-5-9-14/h3,6-7,10-14H,2,4-5,8-9H2,1H3,(H,19,20,21). The van der Waals surface area contributed by atoms with E-state index in [2.05, 4.69) is 15.3 Å². The van der Waals surface area contributed by atoms with E-state index in [-0.39, 0.29) is 5.91 Å². The SMILES string of the molecule is CN(C(=O)c1ccnc(NC2CCCCC2)n1)c1ccccc1. The molecule has 0 spiro atoms. The molecule has 0 radical (unpaired) electrons. The molecule has 1 aromatic carbocycles. The number of nitrogens with one attached hydrogen (secondary N) is 1. The van der Waals surface area contributed by atoms with Gasteiger partial charge in [0.05, 0.1) is 0 Å². The van der Waals surface area contributed by atoms with Crippen LogP contribution in [0.2, 0.25) is 0 Å². The molecule has 0 bridgehead atoms. The summed E-state index contributed by atoms with van der Waals surface area (Å²) in [5.74, 6) is 0.412. The highest BCUT2D eigenvalue weighted by molar-refractivity contribution is 6.04. The maximum Gasteiger partial charge on any atom is 0.276 e. The molecule has 5 nitrogen and oxygen atoms in total. The highest BCUT2D eigenvalue weighted by Gasteiger charge is 2.17. The maximum absolute atomic E-state index is 12.6. The van der Waals surface area contributed by atoms with Crippen molar-refractivity contribution in [2.75, 3.05) is 17.3 Å². The van der Waals surface area contributed by atoms with E-state index in [0.717, 1.165) is 18.5 Å². The lowest BCUT2D eigenvalue weighted by Crippen LogP contribution is -2.28. The third-order valence-corrected chi connectivity index (χ3v) is 4.26. The second-order valence-electron chi connectivity index (χ2n) is 5.94. The second-order valence-corrected chi connectivity index (χ2v) is 5.94. The number of carbonyl (C=O) groups excluding carboxylic acids is 1. The first-order valence-electron chi connectivity index (χ1n) is 8.17. The van der Waals surface area contributed by atoms with Crippen LogP contribution in [-0.4, -0.2) is 29.0 Å². The van der Waals surface area contributed by atoms with E-state index in [1.807, 2.05) is 30.3 Å². The molecule has 1 aliphatic rings. The molecule has 120 valence electrons. The molecule has 2 aromatic rings. The van der Waals surface area contributed by atoms with Crippen LogP contribution >= 0.6 is 0 Å². The summed E-state index contributed by atoms with van der Waals surface area (Å²) in [5, 5.41) is 3.36. The molecule has 23 heavy (non-hydrogen) atoms. The smallest absolute Gasteiger partial charge is 0.276 e. The fraction of sp³-hybridized carbons (Fsp3) is 0.389. The molecule has 0 unspecified atom stereocenters. The fourth-order valence-electron chi connectivity index (χ4n) is 2.92. The number of carbonyl (C=O) groups is 1. The van der Waals surface area contributed by atoms with Gasteiger partial charge in [-0.2, -0.15) is 0 Å². The van der Waals surface area contributed by atoms with Crippen molar-refractivity contribution >= 4 is 17.5 Å². The lowest BCUT2D eigenvalue weighted by molar-refractivity contribution is 0.0988. The number of nitrogens with zero attached hydrogens (tertiary/aromatic N) is 3. The number of amides is 1. The van der Waals surface area contributed by atoms with Gasteiger partial charge in [-0.05, 0) is 31.0 Å². The van der Waals surface area contributed by atoms with Gasteiger partial charge < -0.3 is 10.2 Å². The van der Waals surface area contributed by atoms with Crippen molar-refractivity contribution in [3.05, 3.63) is 48.3 Å². The zero-order valence-electron chi connectivity index (χ0n) is 13.4. The molecule has 1 amide bonds. The van der Waals surface area contributed by atoms with Gasteiger partial charge in [0, 0.05) is 25.0 Å². The number of benzene rings is 1. The Hall–Kier alpha value is -2.43. The minimum atomic E-state index is -0.134. The van der Waals surface area contributed by atoms with E-state index in [4.69, 9.17) is 0 Å². The highest BCUT2D eigenvalue weighted by Crippen LogP contribution is 2.20. The number of para-hydroxylation sites is 1. The average molecular weight is 310 g/mol. The molecule has 0 atom stereocenters. The molecule has 0 saturated heterocycles. The lowest BCUT2D eigenvalue weighted by atomic mass is 9.96. The third-order valence-electron chi connectivity index (χ3n) is 4.26. The Morgan fingerprint density at radius 3 is 2.61 bits per heavy atom. The van der Waals surface area contributed by atoms with Crippen LogP contribution < -0.4 is 10.2 Å². The van der Waals surface area contributed by atoms with Crippen LogP contribution in [0.15, 0.2) is 42.6 Å². The number of aromatic nitrogens is 2. The summed E-state index contributed by atoms with van der Waals surface area (Å²) in [6.07, 6.45) is 7.72. The van der Waals surface area contributed by atoms with Gasteiger partial charge in [-0.1, -0.05) is 37.5 Å². The van der Waals surface area contributed by atoms with Crippen LogP contribution in [0.5, 0.6) is 0 Å². The van der Waals surface area contributed by atoms with Crippen molar-refractivity contribution in [2.45, 2.75) is 38.1 Å². The van der Waals surface area contributed by atoms with Gasteiger partial charge in [-0.25, -0.2) is 9.97 Å². The zero-order chi connectivity index (χ0) is 16.1. The summed E-state index contributed by atoms with van der Waals surface area (Å²) in [6, 6.07) is 11.6. The summed E-state index contributed by atoms with van der Waals surface area (Å²) < 4.78 is 0. The van der Waals surface area contributed by atoms with Crippen molar-refractivity contribution < 1.29 is 4.79 Å². The topological polar surface area (TPSA) is 58.1 Å². The van der Waals surface area contributed by atoms with E-state index in [1.54, 1.807) is 24.2 Å². The number of rotatable bonds is 4. The van der Waals surface area contributed by atoms with Crippen LogP contribution in [0, 0.1) is 0 Å². The quantitative estimate of drug-likeness (QED) is 0.939. The average Bonchev–Trinajstić information content (AvgIpc) is 2.62. The van der Waals surface area contributed by atoms with Crippen molar-refractivity contribution in [3.8, 4) is 0 Å². The summed E-state index contributed by atoms with van der Waals surface area (Å²) in [6.45, 7) is 0.